The fourth-order valence-electron chi connectivity index (χ4n) is 1.74. The van der Waals surface area contributed by atoms with Crippen LogP contribution in [0.25, 0.3) is 0 Å². The quantitative estimate of drug-likeness (QED) is 0.790. The van der Waals surface area contributed by atoms with Gasteiger partial charge in [-0.1, -0.05) is 0 Å². The second-order valence-electron chi connectivity index (χ2n) is 3.93. The Balaban J connectivity index is 2.08. The normalized spacial score (nSPS) is 28.7. The van der Waals surface area contributed by atoms with Gasteiger partial charge >= 0.3 is 0 Å². The Hall–Kier alpha value is 0.01000. The Morgan fingerprint density at radius 1 is 1.43 bits per heavy atom. The Kier molecular flexibility index (Phi) is 3.52. The summed E-state index contributed by atoms with van der Waals surface area (Å²) in [5, 5.41) is 3.70. The molecule has 1 N–H and O–H groups in total. The first-order chi connectivity index (χ1) is 6.75. The van der Waals surface area contributed by atoms with Gasteiger partial charge in [0, 0.05) is 21.5 Å². The molecule has 0 aliphatic carbocycles. The molecular weight excluding hydrogens is 210 g/mol. The van der Waals surface area contributed by atoms with E-state index in [1.165, 1.54) is 27.7 Å². The van der Waals surface area contributed by atoms with Crippen molar-refractivity contribution in [2.45, 2.75) is 32.4 Å². The predicted octanol–water partition coefficient (Wildman–Crippen LogP) is 3.21. The third-order valence-corrected chi connectivity index (χ3v) is 4.78. The summed E-state index contributed by atoms with van der Waals surface area (Å²) in [4.78, 5) is 2.92. The van der Waals surface area contributed by atoms with Crippen LogP contribution in [-0.4, -0.2) is 17.5 Å². The third-order valence-electron chi connectivity index (χ3n) is 2.57. The van der Waals surface area contributed by atoms with Crippen LogP contribution >= 0.6 is 23.1 Å². The zero-order valence-electron chi connectivity index (χ0n) is 8.75. The minimum atomic E-state index is 0.580. The van der Waals surface area contributed by atoms with Crippen molar-refractivity contribution in [1.29, 1.82) is 0 Å². The highest BCUT2D eigenvalue weighted by Gasteiger charge is 2.18. The van der Waals surface area contributed by atoms with Crippen molar-refractivity contribution in [2.75, 3.05) is 11.5 Å². The van der Waals surface area contributed by atoms with E-state index in [-0.39, 0.29) is 0 Å². The molecule has 0 saturated carbocycles. The van der Waals surface area contributed by atoms with Gasteiger partial charge in [0.2, 0.25) is 0 Å². The molecule has 0 bridgehead atoms. The van der Waals surface area contributed by atoms with Gasteiger partial charge in [-0.3, -0.25) is 0 Å². The fraction of sp³-hybridized carbons (Fsp3) is 0.636. The van der Waals surface area contributed by atoms with E-state index in [4.69, 9.17) is 0 Å². The third kappa shape index (κ3) is 2.53. The molecule has 2 heterocycles. The van der Waals surface area contributed by atoms with Gasteiger partial charge in [0.25, 0.3) is 0 Å². The zero-order chi connectivity index (χ0) is 9.97. The second-order valence-corrected chi connectivity index (χ2v) is 6.40. The van der Waals surface area contributed by atoms with Gasteiger partial charge in [0.15, 0.2) is 0 Å². The van der Waals surface area contributed by atoms with E-state index in [0.29, 0.717) is 12.1 Å². The van der Waals surface area contributed by atoms with E-state index in [2.05, 4.69) is 43.1 Å². The van der Waals surface area contributed by atoms with Gasteiger partial charge in [0.05, 0.1) is 6.04 Å². The van der Waals surface area contributed by atoms with Crippen molar-refractivity contribution in [3.05, 3.63) is 21.9 Å². The standard InChI is InChI=1S/C11H17NS2/c1-8-5-6-13-7-10(12-8)11-4-3-9(2)14-11/h3-4,8,10,12H,5-7H2,1-2H3. The number of aryl methyl sites for hydroxylation is 1. The van der Waals surface area contributed by atoms with Crippen LogP contribution in [0.3, 0.4) is 0 Å². The Labute approximate surface area is 94.3 Å². The lowest BCUT2D eigenvalue weighted by atomic mass is 10.2. The summed E-state index contributed by atoms with van der Waals surface area (Å²) < 4.78 is 0. The average Bonchev–Trinajstić information content (AvgIpc) is 2.45. The molecule has 2 rings (SSSR count). The molecule has 78 valence electrons. The van der Waals surface area contributed by atoms with Crippen molar-refractivity contribution in [2.24, 2.45) is 0 Å². The summed E-state index contributed by atoms with van der Waals surface area (Å²) in [6.07, 6.45) is 1.30. The second kappa shape index (κ2) is 4.69. The predicted molar refractivity (Wildman–Crippen MR) is 66.3 cm³/mol. The maximum atomic E-state index is 3.70. The molecular formula is C11H17NS2. The van der Waals surface area contributed by atoms with Gasteiger partial charge < -0.3 is 5.32 Å². The molecule has 1 aromatic rings. The van der Waals surface area contributed by atoms with E-state index in [9.17, 15) is 0 Å². The highest BCUT2D eigenvalue weighted by molar-refractivity contribution is 7.99. The van der Waals surface area contributed by atoms with Crippen LogP contribution in [0.1, 0.15) is 29.1 Å². The number of hydrogen-bond acceptors (Lipinski definition) is 3. The van der Waals surface area contributed by atoms with Crippen LogP contribution in [0.15, 0.2) is 12.1 Å². The summed E-state index contributed by atoms with van der Waals surface area (Å²) in [5.41, 5.74) is 0. The molecule has 1 aliphatic heterocycles. The summed E-state index contributed by atoms with van der Waals surface area (Å²) in [5.74, 6) is 2.53. The maximum absolute atomic E-state index is 3.70. The molecule has 0 spiro atoms. The topological polar surface area (TPSA) is 12.0 Å². The van der Waals surface area contributed by atoms with E-state index in [0.717, 1.165) is 0 Å². The van der Waals surface area contributed by atoms with Crippen molar-refractivity contribution < 1.29 is 0 Å². The summed E-state index contributed by atoms with van der Waals surface area (Å²) >= 11 is 4.01. The van der Waals surface area contributed by atoms with Crippen molar-refractivity contribution in [3.8, 4) is 0 Å². The van der Waals surface area contributed by atoms with Crippen LogP contribution < -0.4 is 5.32 Å². The number of nitrogens with one attached hydrogen (secondary N) is 1. The minimum Gasteiger partial charge on any atom is -0.306 e. The monoisotopic (exact) mass is 227 g/mol. The van der Waals surface area contributed by atoms with Crippen LogP contribution in [-0.2, 0) is 0 Å². The molecule has 1 saturated heterocycles. The first kappa shape index (κ1) is 10.5. The Morgan fingerprint density at radius 2 is 2.29 bits per heavy atom. The van der Waals surface area contributed by atoms with Gasteiger partial charge in [0.1, 0.15) is 0 Å². The molecule has 1 nitrogen and oxygen atoms in total. The average molecular weight is 227 g/mol. The SMILES string of the molecule is Cc1ccc(C2CSCCC(C)N2)s1. The molecule has 0 aromatic carbocycles. The number of hydrogen-bond donors (Lipinski definition) is 1. The molecule has 1 fully saturated rings. The Bertz CT molecular complexity index is 295. The van der Waals surface area contributed by atoms with Crippen molar-refractivity contribution >= 4 is 23.1 Å². The van der Waals surface area contributed by atoms with Gasteiger partial charge in [-0.2, -0.15) is 11.8 Å². The van der Waals surface area contributed by atoms with E-state index >= 15 is 0 Å². The zero-order valence-corrected chi connectivity index (χ0v) is 10.4. The maximum Gasteiger partial charge on any atom is 0.0508 e. The van der Waals surface area contributed by atoms with Crippen molar-refractivity contribution in [3.63, 3.8) is 0 Å². The van der Waals surface area contributed by atoms with Crippen LogP contribution in [0.4, 0.5) is 0 Å². The number of thioether (sulfide) groups is 1. The summed E-state index contributed by atoms with van der Waals surface area (Å²) in [6.45, 7) is 4.47. The van der Waals surface area contributed by atoms with Gasteiger partial charge in [-0.25, -0.2) is 0 Å². The smallest absolute Gasteiger partial charge is 0.0508 e. The highest BCUT2D eigenvalue weighted by atomic mass is 32.2. The minimum absolute atomic E-state index is 0.580. The van der Waals surface area contributed by atoms with Crippen LogP contribution in [0, 0.1) is 6.92 Å². The van der Waals surface area contributed by atoms with Crippen LogP contribution in [0.2, 0.25) is 0 Å². The molecule has 0 radical (unpaired) electrons. The van der Waals surface area contributed by atoms with Crippen molar-refractivity contribution in [1.82, 2.24) is 5.32 Å². The molecule has 2 unspecified atom stereocenters. The summed E-state index contributed by atoms with van der Waals surface area (Å²) in [7, 11) is 0. The van der Waals surface area contributed by atoms with E-state index in [1.807, 2.05) is 11.3 Å². The highest BCUT2D eigenvalue weighted by Crippen LogP contribution is 2.28. The molecule has 0 amide bonds. The van der Waals surface area contributed by atoms with Gasteiger partial charge in [-0.05, 0) is 38.2 Å². The molecule has 14 heavy (non-hydrogen) atoms. The Morgan fingerprint density at radius 3 is 3.00 bits per heavy atom. The van der Waals surface area contributed by atoms with Gasteiger partial charge in [-0.15, -0.1) is 11.3 Å². The first-order valence-corrected chi connectivity index (χ1v) is 7.13. The molecule has 3 heteroatoms. The number of rotatable bonds is 1. The van der Waals surface area contributed by atoms with E-state index in [1.54, 1.807) is 0 Å². The summed E-state index contributed by atoms with van der Waals surface area (Å²) in [6, 6.07) is 5.74. The largest absolute Gasteiger partial charge is 0.306 e. The molecule has 1 aliphatic rings. The fourth-order valence-corrected chi connectivity index (χ4v) is 3.98. The van der Waals surface area contributed by atoms with Crippen LogP contribution in [0.5, 0.6) is 0 Å². The first-order valence-electron chi connectivity index (χ1n) is 5.16. The lowest BCUT2D eigenvalue weighted by Crippen LogP contribution is -2.29. The molecule has 2 atom stereocenters. The van der Waals surface area contributed by atoms with E-state index < -0.39 is 0 Å². The lowest BCUT2D eigenvalue weighted by Gasteiger charge is -2.17. The number of thiophene rings is 1. The molecule has 1 aromatic heterocycles. The lowest BCUT2D eigenvalue weighted by molar-refractivity contribution is 0.489.